The highest BCUT2D eigenvalue weighted by molar-refractivity contribution is 5.76. The van der Waals surface area contributed by atoms with E-state index < -0.39 is 51.2 Å². The number of hydrazine groups is 1. The molecule has 0 atom stereocenters. The number of likely N-dealkylation sites (N-methyl/N-ethyl adjacent to an activating group) is 1. The van der Waals surface area contributed by atoms with Crippen molar-refractivity contribution in [3.63, 3.8) is 0 Å². The molecule has 1 aromatic rings. The van der Waals surface area contributed by atoms with Gasteiger partial charge in [0.1, 0.15) is 6.54 Å². The topological polar surface area (TPSA) is 128 Å². The standard InChI is InChI=1S/C12H13F3N4O6/c1-3-25-10(20)6-17(2)16-11-8(18(21)22)4-7(12(13,14)15)5-9(11)19(23)24/h4-5,16H,3,6H2,1-2H3. The normalized spacial score (nSPS) is 11.3. The molecule has 25 heavy (non-hydrogen) atoms. The van der Waals surface area contributed by atoms with E-state index in [1.165, 1.54) is 14.0 Å². The second-order valence-electron chi connectivity index (χ2n) is 4.67. The average Bonchev–Trinajstić information content (AvgIpc) is 2.45. The van der Waals surface area contributed by atoms with Crippen LogP contribution in [-0.4, -0.2) is 41.0 Å². The lowest BCUT2D eigenvalue weighted by atomic mass is 10.1. The molecule has 0 saturated carbocycles. The number of hydrogen-bond donors (Lipinski definition) is 1. The highest BCUT2D eigenvalue weighted by Gasteiger charge is 2.38. The smallest absolute Gasteiger partial charge is 0.416 e. The number of anilines is 1. The van der Waals surface area contributed by atoms with Gasteiger partial charge in [-0.1, -0.05) is 0 Å². The molecule has 0 unspecified atom stereocenters. The number of carbonyl (C=O) groups is 1. The lowest BCUT2D eigenvalue weighted by Gasteiger charge is -2.18. The molecule has 0 aliphatic rings. The van der Waals surface area contributed by atoms with Gasteiger partial charge >= 0.3 is 23.5 Å². The molecule has 0 saturated heterocycles. The maximum Gasteiger partial charge on any atom is 0.416 e. The van der Waals surface area contributed by atoms with Crippen molar-refractivity contribution in [2.75, 3.05) is 25.6 Å². The van der Waals surface area contributed by atoms with Gasteiger partial charge in [0.15, 0.2) is 0 Å². The van der Waals surface area contributed by atoms with Crippen molar-refractivity contribution in [2.45, 2.75) is 13.1 Å². The van der Waals surface area contributed by atoms with Gasteiger partial charge in [-0.2, -0.15) is 13.2 Å². The Morgan fingerprint density at radius 2 is 1.72 bits per heavy atom. The molecule has 0 heterocycles. The Morgan fingerprint density at radius 3 is 2.08 bits per heavy atom. The third-order valence-electron chi connectivity index (χ3n) is 2.79. The van der Waals surface area contributed by atoms with E-state index in [1.807, 2.05) is 0 Å². The second kappa shape index (κ2) is 7.74. The van der Waals surface area contributed by atoms with Crippen LogP contribution < -0.4 is 5.43 Å². The number of nitro groups is 2. The minimum absolute atomic E-state index is 0.0627. The Kier molecular flexibility index (Phi) is 6.22. The fraction of sp³-hybridized carbons (Fsp3) is 0.417. The first-order chi connectivity index (χ1) is 11.5. The maximum absolute atomic E-state index is 12.8. The average molecular weight is 366 g/mol. The van der Waals surface area contributed by atoms with Gasteiger partial charge in [0.2, 0.25) is 5.69 Å². The van der Waals surface area contributed by atoms with Crippen molar-refractivity contribution in [3.05, 3.63) is 37.9 Å². The van der Waals surface area contributed by atoms with Crippen LogP contribution in [0, 0.1) is 20.2 Å². The van der Waals surface area contributed by atoms with Crippen molar-refractivity contribution < 1.29 is 32.5 Å². The zero-order chi connectivity index (χ0) is 19.4. The van der Waals surface area contributed by atoms with Crippen LogP contribution >= 0.6 is 0 Å². The first kappa shape index (κ1) is 20.1. The van der Waals surface area contributed by atoms with Crippen LogP contribution in [0.4, 0.5) is 30.2 Å². The molecule has 1 N–H and O–H groups in total. The summed E-state index contributed by atoms with van der Waals surface area (Å²) < 4.78 is 43.0. The second-order valence-corrected chi connectivity index (χ2v) is 4.67. The molecular formula is C12H13F3N4O6. The number of ether oxygens (including phenoxy) is 1. The molecule has 0 aromatic heterocycles. The Hall–Kier alpha value is -2.96. The lowest BCUT2D eigenvalue weighted by molar-refractivity contribution is -0.392. The predicted molar refractivity (Wildman–Crippen MR) is 77.6 cm³/mol. The number of halogens is 3. The van der Waals surface area contributed by atoms with Gasteiger partial charge in [-0.25, -0.2) is 5.01 Å². The Labute approximate surface area is 138 Å². The summed E-state index contributed by atoms with van der Waals surface area (Å²) in [5.74, 6) is -0.741. The van der Waals surface area contributed by atoms with Gasteiger partial charge in [-0.3, -0.25) is 25.0 Å². The van der Waals surface area contributed by atoms with Crippen LogP contribution in [-0.2, 0) is 15.7 Å². The van der Waals surface area contributed by atoms with E-state index in [9.17, 15) is 38.2 Å². The molecule has 1 aromatic carbocycles. The fourth-order valence-electron chi connectivity index (χ4n) is 1.81. The third-order valence-corrected chi connectivity index (χ3v) is 2.79. The van der Waals surface area contributed by atoms with Gasteiger partial charge in [0.05, 0.1) is 22.0 Å². The highest BCUT2D eigenvalue weighted by atomic mass is 19.4. The minimum atomic E-state index is -5.01. The summed E-state index contributed by atoms with van der Waals surface area (Å²) >= 11 is 0. The van der Waals surface area contributed by atoms with Gasteiger partial charge in [0.25, 0.3) is 0 Å². The van der Waals surface area contributed by atoms with Gasteiger partial charge < -0.3 is 10.2 Å². The van der Waals surface area contributed by atoms with Crippen LogP contribution in [0.2, 0.25) is 0 Å². The van der Waals surface area contributed by atoms with Gasteiger partial charge in [-0.05, 0) is 6.92 Å². The van der Waals surface area contributed by atoms with Crippen molar-refractivity contribution in [2.24, 2.45) is 0 Å². The molecule has 1 rings (SSSR count). The summed E-state index contributed by atoms with van der Waals surface area (Å²) in [5, 5.41) is 23.0. The minimum Gasteiger partial charge on any atom is -0.465 e. The highest BCUT2D eigenvalue weighted by Crippen LogP contribution is 2.41. The zero-order valence-corrected chi connectivity index (χ0v) is 13.0. The number of rotatable bonds is 7. The van der Waals surface area contributed by atoms with Crippen LogP contribution in [0.5, 0.6) is 0 Å². The molecular weight excluding hydrogens is 353 g/mol. The van der Waals surface area contributed by atoms with Crippen LogP contribution in [0.15, 0.2) is 12.1 Å². The quantitative estimate of drug-likeness (QED) is 0.442. The molecule has 0 aliphatic carbocycles. The summed E-state index contributed by atoms with van der Waals surface area (Å²) in [7, 11) is 1.21. The first-order valence-corrected chi connectivity index (χ1v) is 6.64. The Morgan fingerprint density at radius 1 is 1.24 bits per heavy atom. The number of nitrogens with one attached hydrogen (secondary N) is 1. The van der Waals surface area contributed by atoms with E-state index >= 15 is 0 Å². The molecule has 10 nitrogen and oxygen atoms in total. The number of benzene rings is 1. The molecule has 0 spiro atoms. The largest absolute Gasteiger partial charge is 0.465 e. The number of hydrogen-bond acceptors (Lipinski definition) is 8. The number of esters is 1. The SMILES string of the molecule is CCOC(=O)CN(C)Nc1c([N+](=O)[O-])cc(C(F)(F)F)cc1[N+](=O)[O-]. The molecule has 13 heteroatoms. The number of alkyl halides is 3. The summed E-state index contributed by atoms with van der Waals surface area (Å²) in [6, 6.07) is 0.348. The Balaban J connectivity index is 3.34. The summed E-state index contributed by atoms with van der Waals surface area (Å²) in [5.41, 5.74) is -2.44. The number of nitrogens with zero attached hydrogens (tertiary/aromatic N) is 3. The molecule has 138 valence electrons. The van der Waals surface area contributed by atoms with Crippen LogP contribution in [0.25, 0.3) is 0 Å². The van der Waals surface area contributed by atoms with E-state index in [1.54, 1.807) is 0 Å². The van der Waals surface area contributed by atoms with Gasteiger partial charge in [0, 0.05) is 19.2 Å². The van der Waals surface area contributed by atoms with Crippen LogP contribution in [0.3, 0.4) is 0 Å². The lowest BCUT2D eigenvalue weighted by Crippen LogP contribution is -2.32. The third kappa shape index (κ3) is 5.27. The number of carbonyl (C=O) groups excluding carboxylic acids is 1. The van der Waals surface area contributed by atoms with Crippen molar-refractivity contribution in [1.82, 2.24) is 5.01 Å². The summed E-state index contributed by atoms with van der Waals surface area (Å²) in [6.07, 6.45) is -5.01. The molecule has 0 fully saturated rings. The summed E-state index contributed by atoms with van der Waals surface area (Å²) in [6.45, 7) is 1.15. The van der Waals surface area contributed by atoms with Crippen molar-refractivity contribution in [1.29, 1.82) is 0 Å². The Bertz CT molecular complexity index is 659. The van der Waals surface area contributed by atoms with Gasteiger partial charge in [-0.15, -0.1) is 0 Å². The van der Waals surface area contributed by atoms with E-state index in [2.05, 4.69) is 10.2 Å². The first-order valence-electron chi connectivity index (χ1n) is 6.64. The summed E-state index contributed by atoms with van der Waals surface area (Å²) in [4.78, 5) is 31.1. The van der Waals surface area contributed by atoms with Crippen molar-refractivity contribution in [3.8, 4) is 0 Å². The van der Waals surface area contributed by atoms with E-state index in [0.29, 0.717) is 0 Å². The fourth-order valence-corrected chi connectivity index (χ4v) is 1.81. The van der Waals surface area contributed by atoms with E-state index in [-0.39, 0.29) is 18.7 Å². The maximum atomic E-state index is 12.8. The monoisotopic (exact) mass is 366 g/mol. The van der Waals surface area contributed by atoms with E-state index in [0.717, 1.165) is 5.01 Å². The molecule has 0 bridgehead atoms. The number of nitro benzene ring substituents is 2. The van der Waals surface area contributed by atoms with Crippen LogP contribution in [0.1, 0.15) is 12.5 Å². The van der Waals surface area contributed by atoms with Crippen molar-refractivity contribution >= 4 is 23.0 Å². The molecule has 0 aliphatic heterocycles. The van der Waals surface area contributed by atoms with E-state index in [4.69, 9.17) is 0 Å². The zero-order valence-electron chi connectivity index (χ0n) is 13.0. The molecule has 0 radical (unpaired) electrons. The predicted octanol–water partition coefficient (Wildman–Crippen LogP) is 2.34. The molecule has 0 amide bonds.